The van der Waals surface area contributed by atoms with E-state index in [9.17, 15) is 9.59 Å². The number of carbonyl (C=O) groups excluding carboxylic acids is 2. The third-order valence-corrected chi connectivity index (χ3v) is 3.70. The summed E-state index contributed by atoms with van der Waals surface area (Å²) in [5.41, 5.74) is 4.00. The molecule has 24 heavy (non-hydrogen) atoms. The van der Waals surface area contributed by atoms with Gasteiger partial charge in [-0.1, -0.05) is 30.3 Å². The van der Waals surface area contributed by atoms with Gasteiger partial charge < -0.3 is 9.57 Å². The molecule has 0 fully saturated rings. The van der Waals surface area contributed by atoms with Crippen LogP contribution in [-0.4, -0.2) is 17.5 Å². The molecule has 0 spiro atoms. The zero-order valence-electron chi connectivity index (χ0n) is 14.3. The van der Waals surface area contributed by atoms with Crippen LogP contribution >= 0.6 is 0 Å². The van der Waals surface area contributed by atoms with Gasteiger partial charge >= 0.3 is 11.9 Å². The minimum Gasteiger partial charge on any atom is -0.444 e. The highest BCUT2D eigenvalue weighted by Gasteiger charge is 2.35. The summed E-state index contributed by atoms with van der Waals surface area (Å²) in [4.78, 5) is 29.6. The predicted molar refractivity (Wildman–Crippen MR) is 91.6 cm³/mol. The van der Waals surface area contributed by atoms with Gasteiger partial charge in [0.05, 0.1) is 11.3 Å². The maximum Gasteiger partial charge on any atom is 0.374 e. The normalized spacial score (nSPS) is 10.8. The van der Waals surface area contributed by atoms with Crippen molar-refractivity contribution in [3.63, 3.8) is 0 Å². The molecule has 0 saturated carbocycles. The quantitative estimate of drug-likeness (QED) is 0.668. The van der Waals surface area contributed by atoms with E-state index >= 15 is 0 Å². The van der Waals surface area contributed by atoms with Gasteiger partial charge in [-0.05, 0) is 57.0 Å². The molecule has 2 aromatic rings. The smallest absolute Gasteiger partial charge is 0.374 e. The first-order chi connectivity index (χ1) is 11.3. The zero-order chi connectivity index (χ0) is 17.7. The fraction of sp³-hybridized carbons (Fsp3) is 0.263. The number of hydrogen-bond donors (Lipinski definition) is 1. The summed E-state index contributed by atoms with van der Waals surface area (Å²) in [7, 11) is 0. The fourth-order valence-corrected chi connectivity index (χ4v) is 2.03. The molecule has 0 aliphatic heterocycles. The van der Waals surface area contributed by atoms with Crippen LogP contribution in [0.3, 0.4) is 0 Å². The second-order valence-corrected chi connectivity index (χ2v) is 6.00. The van der Waals surface area contributed by atoms with Crippen molar-refractivity contribution in [3.8, 4) is 0 Å². The van der Waals surface area contributed by atoms with Crippen LogP contribution in [0.5, 0.6) is 0 Å². The molecular formula is C19H21NO4. The first kappa shape index (κ1) is 17.5. The number of hydrogen-bond acceptors (Lipinski definition) is 5. The molecule has 0 radical (unpaired) electrons. The van der Waals surface area contributed by atoms with Crippen LogP contribution in [0.25, 0.3) is 0 Å². The summed E-state index contributed by atoms with van der Waals surface area (Å²) in [5, 5.41) is 0. The van der Waals surface area contributed by atoms with Gasteiger partial charge in [-0.15, -0.1) is 0 Å². The standard InChI is InChI=1S/C19H21NO4/c1-13-9-8-12-16(14(13)2)17(21)23-19(3,4)18(22)24-20-15-10-6-5-7-11-15/h5-12,20H,1-4H3. The topological polar surface area (TPSA) is 64.6 Å². The van der Waals surface area contributed by atoms with Crippen molar-refractivity contribution in [2.45, 2.75) is 33.3 Å². The third-order valence-electron chi connectivity index (χ3n) is 3.70. The van der Waals surface area contributed by atoms with E-state index in [1.54, 1.807) is 24.3 Å². The van der Waals surface area contributed by atoms with E-state index in [1.807, 2.05) is 38.1 Å². The molecule has 5 nitrogen and oxygen atoms in total. The van der Waals surface area contributed by atoms with Gasteiger partial charge in [0.1, 0.15) is 0 Å². The molecule has 2 aromatic carbocycles. The first-order valence-electron chi connectivity index (χ1n) is 7.63. The zero-order valence-corrected chi connectivity index (χ0v) is 14.3. The number of rotatable bonds is 5. The van der Waals surface area contributed by atoms with Crippen LogP contribution in [0, 0.1) is 13.8 Å². The van der Waals surface area contributed by atoms with E-state index in [-0.39, 0.29) is 0 Å². The third kappa shape index (κ3) is 4.13. The molecule has 0 saturated heterocycles. The number of para-hydroxylation sites is 1. The van der Waals surface area contributed by atoms with Crippen molar-refractivity contribution < 1.29 is 19.2 Å². The largest absolute Gasteiger partial charge is 0.444 e. The number of esters is 1. The van der Waals surface area contributed by atoms with E-state index in [0.29, 0.717) is 11.3 Å². The van der Waals surface area contributed by atoms with Gasteiger partial charge in [0.25, 0.3) is 0 Å². The van der Waals surface area contributed by atoms with Crippen molar-refractivity contribution >= 4 is 17.6 Å². The Hall–Kier alpha value is -2.82. The molecule has 0 heterocycles. The van der Waals surface area contributed by atoms with Gasteiger partial charge in [-0.25, -0.2) is 15.1 Å². The molecule has 0 amide bonds. The van der Waals surface area contributed by atoms with Crippen molar-refractivity contribution in [3.05, 3.63) is 65.2 Å². The summed E-state index contributed by atoms with van der Waals surface area (Å²) in [6.07, 6.45) is 0. The average molecular weight is 327 g/mol. The second-order valence-electron chi connectivity index (χ2n) is 6.00. The predicted octanol–water partition coefficient (Wildman–Crippen LogP) is 3.81. The Morgan fingerprint density at radius 3 is 2.29 bits per heavy atom. The fourth-order valence-electron chi connectivity index (χ4n) is 2.03. The van der Waals surface area contributed by atoms with Gasteiger partial charge in [0.15, 0.2) is 0 Å². The number of benzene rings is 2. The van der Waals surface area contributed by atoms with Gasteiger partial charge in [-0.2, -0.15) is 0 Å². The number of ether oxygens (including phenoxy) is 1. The van der Waals surface area contributed by atoms with Crippen molar-refractivity contribution in [2.75, 3.05) is 5.48 Å². The number of carbonyl (C=O) groups is 2. The molecule has 5 heteroatoms. The Labute approximate surface area is 141 Å². The summed E-state index contributed by atoms with van der Waals surface area (Å²) in [6.45, 7) is 6.74. The highest BCUT2D eigenvalue weighted by molar-refractivity contribution is 5.94. The molecule has 0 bridgehead atoms. The van der Waals surface area contributed by atoms with E-state index in [4.69, 9.17) is 9.57 Å². The van der Waals surface area contributed by atoms with E-state index in [1.165, 1.54) is 13.8 Å². The van der Waals surface area contributed by atoms with Crippen LogP contribution in [0.15, 0.2) is 48.5 Å². The first-order valence-corrected chi connectivity index (χ1v) is 7.63. The van der Waals surface area contributed by atoms with E-state index < -0.39 is 17.5 Å². The molecule has 0 unspecified atom stereocenters. The molecule has 2 rings (SSSR count). The van der Waals surface area contributed by atoms with Crippen LogP contribution < -0.4 is 5.48 Å². The van der Waals surface area contributed by atoms with Crippen LogP contribution in [0.1, 0.15) is 35.3 Å². The Bertz CT molecular complexity index is 738. The van der Waals surface area contributed by atoms with Gasteiger partial charge in [-0.3, -0.25) is 0 Å². The average Bonchev–Trinajstić information content (AvgIpc) is 2.55. The number of anilines is 1. The Morgan fingerprint density at radius 1 is 0.958 bits per heavy atom. The maximum atomic E-state index is 12.4. The molecule has 0 aliphatic rings. The van der Waals surface area contributed by atoms with Crippen molar-refractivity contribution in [2.24, 2.45) is 0 Å². The number of aryl methyl sites for hydroxylation is 1. The lowest BCUT2D eigenvalue weighted by Crippen LogP contribution is -2.40. The molecule has 0 atom stereocenters. The maximum absolute atomic E-state index is 12.4. The Morgan fingerprint density at radius 2 is 1.62 bits per heavy atom. The minimum absolute atomic E-state index is 0.437. The summed E-state index contributed by atoms with van der Waals surface area (Å²) < 4.78 is 5.36. The Kier molecular flexibility index (Phi) is 5.24. The summed E-state index contributed by atoms with van der Waals surface area (Å²) >= 11 is 0. The lowest BCUT2D eigenvalue weighted by atomic mass is 10.0. The van der Waals surface area contributed by atoms with Crippen molar-refractivity contribution in [1.82, 2.24) is 0 Å². The van der Waals surface area contributed by atoms with Crippen LogP contribution in [0.2, 0.25) is 0 Å². The molecule has 0 aromatic heterocycles. The highest BCUT2D eigenvalue weighted by Crippen LogP contribution is 2.19. The van der Waals surface area contributed by atoms with E-state index in [0.717, 1.165) is 11.1 Å². The second kappa shape index (κ2) is 7.17. The number of nitrogens with one attached hydrogen (secondary N) is 1. The van der Waals surface area contributed by atoms with Gasteiger partial charge in [0.2, 0.25) is 5.60 Å². The lowest BCUT2D eigenvalue weighted by molar-refractivity contribution is -0.159. The minimum atomic E-state index is -1.42. The highest BCUT2D eigenvalue weighted by atomic mass is 16.7. The monoisotopic (exact) mass is 327 g/mol. The summed E-state index contributed by atoms with van der Waals surface area (Å²) in [6, 6.07) is 14.3. The summed E-state index contributed by atoms with van der Waals surface area (Å²) in [5.74, 6) is -1.25. The van der Waals surface area contributed by atoms with Crippen LogP contribution in [-0.2, 0) is 14.4 Å². The molecule has 0 aliphatic carbocycles. The lowest BCUT2D eigenvalue weighted by Gasteiger charge is -2.23. The Balaban J connectivity index is 2.02. The van der Waals surface area contributed by atoms with E-state index in [2.05, 4.69) is 5.48 Å². The SMILES string of the molecule is Cc1cccc(C(=O)OC(C)(C)C(=O)ONc2ccccc2)c1C. The molecular weight excluding hydrogens is 306 g/mol. The molecule has 1 N–H and O–H groups in total. The molecule has 126 valence electrons. The van der Waals surface area contributed by atoms with Crippen LogP contribution in [0.4, 0.5) is 5.69 Å². The van der Waals surface area contributed by atoms with Gasteiger partial charge in [0, 0.05) is 0 Å². The van der Waals surface area contributed by atoms with Crippen molar-refractivity contribution in [1.29, 1.82) is 0 Å².